The summed E-state index contributed by atoms with van der Waals surface area (Å²) in [5.74, 6) is -0.0143. The van der Waals surface area contributed by atoms with E-state index in [1.165, 1.54) is 25.7 Å². The highest BCUT2D eigenvalue weighted by Gasteiger charge is 2.49. The van der Waals surface area contributed by atoms with Gasteiger partial charge in [-0.2, -0.15) is 0 Å². The van der Waals surface area contributed by atoms with Crippen molar-refractivity contribution in [3.8, 4) is 0 Å². The number of fused-ring (bicyclic) bond motifs is 1. The van der Waals surface area contributed by atoms with Crippen LogP contribution in [-0.4, -0.2) is 46.3 Å². The van der Waals surface area contributed by atoms with Crippen molar-refractivity contribution in [1.29, 1.82) is 0 Å². The molecule has 3 fully saturated rings. The van der Waals surface area contributed by atoms with E-state index in [2.05, 4.69) is 18.7 Å². The van der Waals surface area contributed by atoms with Crippen LogP contribution >= 0.6 is 0 Å². The van der Waals surface area contributed by atoms with Crippen molar-refractivity contribution in [2.75, 3.05) is 6.61 Å². The normalized spacial score (nSPS) is 41.3. The molecule has 4 unspecified atom stereocenters. The molecule has 4 nitrogen and oxygen atoms in total. The van der Waals surface area contributed by atoms with E-state index in [0.29, 0.717) is 18.0 Å². The second kappa shape index (κ2) is 5.30. The van der Waals surface area contributed by atoms with Gasteiger partial charge in [-0.05, 0) is 51.9 Å². The van der Waals surface area contributed by atoms with Gasteiger partial charge >= 0.3 is 5.97 Å². The van der Waals surface area contributed by atoms with Gasteiger partial charge < -0.3 is 9.84 Å². The topological polar surface area (TPSA) is 49.8 Å². The first-order valence-electron chi connectivity index (χ1n) is 8.12. The van der Waals surface area contributed by atoms with Gasteiger partial charge in [-0.3, -0.25) is 9.69 Å². The van der Waals surface area contributed by atoms with Gasteiger partial charge in [-0.25, -0.2) is 0 Å². The van der Waals surface area contributed by atoms with E-state index >= 15 is 0 Å². The summed E-state index contributed by atoms with van der Waals surface area (Å²) in [6.07, 6.45) is 7.75. The van der Waals surface area contributed by atoms with Gasteiger partial charge in [0, 0.05) is 18.7 Å². The van der Waals surface area contributed by atoms with Crippen LogP contribution in [0.25, 0.3) is 0 Å². The van der Waals surface area contributed by atoms with Gasteiger partial charge in [0.1, 0.15) is 6.04 Å². The van der Waals surface area contributed by atoms with Crippen molar-refractivity contribution in [2.45, 2.75) is 82.5 Å². The summed E-state index contributed by atoms with van der Waals surface area (Å²) in [4.78, 5) is 14.1. The molecule has 1 saturated carbocycles. The Morgan fingerprint density at radius 3 is 2.70 bits per heavy atom. The van der Waals surface area contributed by atoms with Crippen LogP contribution in [0.2, 0.25) is 0 Å². The zero-order valence-electron chi connectivity index (χ0n) is 12.7. The van der Waals surface area contributed by atoms with Crippen molar-refractivity contribution in [3.05, 3.63) is 0 Å². The molecule has 1 aliphatic carbocycles. The molecule has 2 aliphatic heterocycles. The summed E-state index contributed by atoms with van der Waals surface area (Å²) in [6.45, 7) is 5.02. The van der Waals surface area contributed by atoms with E-state index in [1.54, 1.807) is 0 Å². The number of aliphatic carboxylic acids is 1. The van der Waals surface area contributed by atoms with Crippen molar-refractivity contribution < 1.29 is 14.6 Å². The van der Waals surface area contributed by atoms with Crippen LogP contribution in [0.1, 0.15) is 58.8 Å². The standard InChI is InChI=1S/C16H27NO3/c1-16(2)10-12(7-8-20-16)17-13-6-4-3-5-11(13)9-14(17)15(18)19/h11-14H,3-10H2,1-2H3,(H,18,19). The molecular weight excluding hydrogens is 254 g/mol. The third kappa shape index (κ3) is 2.60. The Morgan fingerprint density at radius 2 is 2.00 bits per heavy atom. The molecule has 0 amide bonds. The summed E-state index contributed by atoms with van der Waals surface area (Å²) in [5.41, 5.74) is -0.112. The number of likely N-dealkylation sites (tertiary alicyclic amines) is 1. The van der Waals surface area contributed by atoms with E-state index in [4.69, 9.17) is 4.74 Å². The molecule has 2 heterocycles. The molecule has 0 bridgehead atoms. The summed E-state index contributed by atoms with van der Waals surface area (Å²) < 4.78 is 5.81. The highest BCUT2D eigenvalue weighted by molar-refractivity contribution is 5.74. The molecule has 114 valence electrons. The van der Waals surface area contributed by atoms with Gasteiger partial charge in [-0.15, -0.1) is 0 Å². The Morgan fingerprint density at radius 1 is 1.25 bits per heavy atom. The van der Waals surface area contributed by atoms with Gasteiger partial charge in [0.05, 0.1) is 5.60 Å². The van der Waals surface area contributed by atoms with Gasteiger partial charge in [-0.1, -0.05) is 12.8 Å². The predicted octanol–water partition coefficient (Wildman–Crippen LogP) is 2.66. The van der Waals surface area contributed by atoms with E-state index in [1.807, 2.05) is 0 Å². The Kier molecular flexibility index (Phi) is 3.80. The highest BCUT2D eigenvalue weighted by atomic mass is 16.5. The molecule has 3 aliphatic rings. The molecule has 4 atom stereocenters. The molecule has 0 aromatic heterocycles. The van der Waals surface area contributed by atoms with Crippen LogP contribution in [0, 0.1) is 5.92 Å². The lowest BCUT2D eigenvalue weighted by molar-refractivity contribution is -0.147. The molecular formula is C16H27NO3. The third-order valence-electron chi connectivity index (χ3n) is 5.52. The lowest BCUT2D eigenvalue weighted by Gasteiger charge is -2.44. The number of ether oxygens (including phenoxy) is 1. The predicted molar refractivity (Wildman–Crippen MR) is 76.7 cm³/mol. The first-order valence-corrected chi connectivity index (χ1v) is 8.12. The maximum absolute atomic E-state index is 11.7. The van der Waals surface area contributed by atoms with Gasteiger partial charge in [0.15, 0.2) is 0 Å². The summed E-state index contributed by atoms with van der Waals surface area (Å²) in [6, 6.07) is 0.624. The molecule has 4 heteroatoms. The largest absolute Gasteiger partial charge is 0.480 e. The van der Waals surface area contributed by atoms with Crippen LogP contribution in [0.3, 0.4) is 0 Å². The average Bonchev–Trinajstić information content (AvgIpc) is 2.77. The van der Waals surface area contributed by atoms with Crippen molar-refractivity contribution >= 4 is 5.97 Å². The lowest BCUT2D eigenvalue weighted by atomic mass is 9.84. The Labute approximate surface area is 121 Å². The maximum atomic E-state index is 11.7. The fraction of sp³-hybridized carbons (Fsp3) is 0.938. The highest BCUT2D eigenvalue weighted by Crippen LogP contribution is 2.43. The minimum absolute atomic E-state index is 0.112. The fourth-order valence-corrected chi connectivity index (χ4v) is 4.70. The average molecular weight is 281 g/mol. The first-order chi connectivity index (χ1) is 9.48. The second-order valence-electron chi connectivity index (χ2n) is 7.40. The number of rotatable bonds is 2. The summed E-state index contributed by atoms with van der Waals surface area (Å²) in [7, 11) is 0. The minimum atomic E-state index is -0.622. The van der Waals surface area contributed by atoms with Crippen molar-refractivity contribution in [1.82, 2.24) is 4.90 Å². The van der Waals surface area contributed by atoms with Crippen LogP contribution in [0.15, 0.2) is 0 Å². The zero-order chi connectivity index (χ0) is 14.3. The van der Waals surface area contributed by atoms with Crippen LogP contribution in [0.4, 0.5) is 0 Å². The Balaban J connectivity index is 1.81. The van der Waals surface area contributed by atoms with E-state index in [-0.39, 0.29) is 11.6 Å². The summed E-state index contributed by atoms with van der Waals surface area (Å²) >= 11 is 0. The number of carboxylic acid groups (broad SMARTS) is 1. The molecule has 20 heavy (non-hydrogen) atoms. The smallest absolute Gasteiger partial charge is 0.320 e. The van der Waals surface area contributed by atoms with Crippen LogP contribution in [-0.2, 0) is 9.53 Å². The first kappa shape index (κ1) is 14.3. The molecule has 0 aromatic rings. The third-order valence-corrected chi connectivity index (χ3v) is 5.52. The lowest BCUT2D eigenvalue weighted by Crippen LogP contribution is -2.53. The molecule has 2 saturated heterocycles. The maximum Gasteiger partial charge on any atom is 0.320 e. The van der Waals surface area contributed by atoms with Gasteiger partial charge in [0.2, 0.25) is 0 Å². The molecule has 3 rings (SSSR count). The monoisotopic (exact) mass is 281 g/mol. The molecule has 0 spiro atoms. The number of carboxylic acids is 1. The number of hydrogen-bond acceptors (Lipinski definition) is 3. The Hall–Kier alpha value is -0.610. The van der Waals surface area contributed by atoms with E-state index in [0.717, 1.165) is 25.9 Å². The Bertz CT molecular complexity index is 382. The van der Waals surface area contributed by atoms with Crippen molar-refractivity contribution in [2.24, 2.45) is 5.92 Å². The van der Waals surface area contributed by atoms with E-state index < -0.39 is 5.97 Å². The zero-order valence-corrected chi connectivity index (χ0v) is 12.7. The second-order valence-corrected chi connectivity index (χ2v) is 7.40. The quantitative estimate of drug-likeness (QED) is 0.845. The number of carbonyl (C=O) groups is 1. The number of nitrogens with zero attached hydrogens (tertiary/aromatic N) is 1. The fourth-order valence-electron chi connectivity index (χ4n) is 4.70. The molecule has 0 aromatic carbocycles. The summed E-state index contributed by atoms with van der Waals surface area (Å²) in [5, 5.41) is 9.62. The minimum Gasteiger partial charge on any atom is -0.480 e. The van der Waals surface area contributed by atoms with Crippen molar-refractivity contribution in [3.63, 3.8) is 0 Å². The van der Waals surface area contributed by atoms with Gasteiger partial charge in [0.25, 0.3) is 0 Å². The SMILES string of the molecule is CC1(C)CC(N2C(C(=O)O)CC3CCCCC32)CCO1. The number of hydrogen-bond donors (Lipinski definition) is 1. The van der Waals surface area contributed by atoms with Crippen LogP contribution < -0.4 is 0 Å². The van der Waals surface area contributed by atoms with Crippen LogP contribution in [0.5, 0.6) is 0 Å². The molecule has 0 radical (unpaired) electrons. The molecule has 1 N–H and O–H groups in total. The van der Waals surface area contributed by atoms with E-state index in [9.17, 15) is 9.90 Å².